The summed E-state index contributed by atoms with van der Waals surface area (Å²) >= 11 is 0. The largest absolute Gasteiger partial charge is 0.497 e. The number of aromatic carboxylic acids is 1. The fourth-order valence-corrected chi connectivity index (χ4v) is 3.79. The molecule has 1 aliphatic heterocycles. The number of carboxylic acid groups (broad SMARTS) is 1. The van der Waals surface area contributed by atoms with Crippen molar-refractivity contribution in [2.45, 2.75) is 19.3 Å². The minimum absolute atomic E-state index is 0.341. The third-order valence-electron chi connectivity index (χ3n) is 5.12. The molecule has 0 unspecified atom stereocenters. The second kappa shape index (κ2) is 7.27. The zero-order valence-electron chi connectivity index (χ0n) is 15.3. The highest BCUT2D eigenvalue weighted by molar-refractivity contribution is 6.10. The number of hydrogen-bond acceptors (Lipinski definition) is 4. The van der Waals surface area contributed by atoms with Crippen molar-refractivity contribution in [3.05, 3.63) is 54.1 Å². The van der Waals surface area contributed by atoms with Crippen LogP contribution < -0.4 is 9.64 Å². The van der Waals surface area contributed by atoms with Gasteiger partial charge >= 0.3 is 5.97 Å². The minimum Gasteiger partial charge on any atom is -0.497 e. The Labute approximate surface area is 158 Å². The van der Waals surface area contributed by atoms with Gasteiger partial charge in [-0.1, -0.05) is 18.2 Å². The van der Waals surface area contributed by atoms with E-state index in [1.807, 2.05) is 48.5 Å². The molecule has 2 heterocycles. The van der Waals surface area contributed by atoms with E-state index < -0.39 is 5.97 Å². The number of para-hydroxylation sites is 1. The van der Waals surface area contributed by atoms with Gasteiger partial charge in [0.15, 0.2) is 0 Å². The normalized spacial score (nSPS) is 14.3. The van der Waals surface area contributed by atoms with Crippen molar-refractivity contribution in [2.24, 2.45) is 0 Å². The highest BCUT2D eigenvalue weighted by Crippen LogP contribution is 2.38. The monoisotopic (exact) mass is 362 g/mol. The van der Waals surface area contributed by atoms with Gasteiger partial charge in [-0.05, 0) is 49.6 Å². The number of ether oxygens (including phenoxy) is 1. The summed E-state index contributed by atoms with van der Waals surface area (Å²) in [5, 5.41) is 10.8. The third-order valence-corrected chi connectivity index (χ3v) is 5.12. The molecule has 1 fully saturated rings. The van der Waals surface area contributed by atoms with Gasteiger partial charge in [-0.25, -0.2) is 9.78 Å². The molecule has 4 rings (SSSR count). The van der Waals surface area contributed by atoms with Crippen molar-refractivity contribution in [3.63, 3.8) is 0 Å². The van der Waals surface area contributed by atoms with Gasteiger partial charge in [-0.15, -0.1) is 0 Å². The van der Waals surface area contributed by atoms with Gasteiger partial charge in [0.25, 0.3) is 0 Å². The average molecular weight is 362 g/mol. The lowest BCUT2D eigenvalue weighted by Crippen LogP contribution is -2.31. The van der Waals surface area contributed by atoms with Crippen molar-refractivity contribution in [3.8, 4) is 17.0 Å². The maximum atomic E-state index is 12.3. The number of methoxy groups -OCH3 is 1. The fourth-order valence-electron chi connectivity index (χ4n) is 3.79. The Balaban J connectivity index is 2.01. The van der Waals surface area contributed by atoms with E-state index in [0.717, 1.165) is 48.6 Å². The van der Waals surface area contributed by atoms with Crippen LogP contribution in [0.25, 0.3) is 22.2 Å². The molecule has 1 aliphatic rings. The molecule has 5 heteroatoms. The van der Waals surface area contributed by atoms with E-state index in [2.05, 4.69) is 4.90 Å². The van der Waals surface area contributed by atoms with Gasteiger partial charge < -0.3 is 14.7 Å². The minimum atomic E-state index is -0.913. The second-order valence-corrected chi connectivity index (χ2v) is 6.78. The van der Waals surface area contributed by atoms with Crippen molar-refractivity contribution < 1.29 is 14.6 Å². The number of pyridine rings is 1. The van der Waals surface area contributed by atoms with Crippen LogP contribution in [0.3, 0.4) is 0 Å². The molecule has 0 bridgehead atoms. The second-order valence-electron chi connectivity index (χ2n) is 6.78. The molecule has 0 saturated carbocycles. The number of fused-ring (bicyclic) bond motifs is 1. The lowest BCUT2D eigenvalue weighted by molar-refractivity contribution is 0.0699. The summed E-state index contributed by atoms with van der Waals surface area (Å²) in [6, 6.07) is 15.1. The highest BCUT2D eigenvalue weighted by Gasteiger charge is 2.26. The number of aromatic nitrogens is 1. The number of nitrogens with zero attached hydrogens (tertiary/aromatic N) is 2. The first kappa shape index (κ1) is 17.3. The van der Waals surface area contributed by atoms with Gasteiger partial charge in [0.2, 0.25) is 0 Å². The number of carboxylic acids is 1. The van der Waals surface area contributed by atoms with Crippen molar-refractivity contribution in [1.29, 1.82) is 0 Å². The molecule has 1 saturated heterocycles. The van der Waals surface area contributed by atoms with Gasteiger partial charge in [-0.3, -0.25) is 0 Å². The number of hydrogen-bond donors (Lipinski definition) is 1. The first-order valence-electron chi connectivity index (χ1n) is 9.24. The summed E-state index contributed by atoms with van der Waals surface area (Å²) in [6.07, 6.45) is 3.31. The highest BCUT2D eigenvalue weighted by atomic mass is 16.5. The third kappa shape index (κ3) is 3.21. The first-order valence-corrected chi connectivity index (χ1v) is 9.24. The van der Waals surface area contributed by atoms with E-state index in [4.69, 9.17) is 9.72 Å². The number of piperidine rings is 1. The quantitative estimate of drug-likeness (QED) is 0.735. The first-order chi connectivity index (χ1) is 13.2. The van der Waals surface area contributed by atoms with Crippen LogP contribution in [0.5, 0.6) is 5.75 Å². The number of carbonyl (C=O) groups is 1. The predicted octanol–water partition coefficient (Wildman–Crippen LogP) is 4.60. The van der Waals surface area contributed by atoms with Crippen LogP contribution in [0.2, 0.25) is 0 Å². The molecule has 27 heavy (non-hydrogen) atoms. The van der Waals surface area contributed by atoms with Crippen LogP contribution in [-0.4, -0.2) is 36.3 Å². The zero-order chi connectivity index (χ0) is 18.8. The van der Waals surface area contributed by atoms with Crippen LogP contribution in [0.1, 0.15) is 29.6 Å². The molecular formula is C22H22N2O3. The van der Waals surface area contributed by atoms with Gasteiger partial charge in [0, 0.05) is 24.0 Å². The Morgan fingerprint density at radius 3 is 2.41 bits per heavy atom. The van der Waals surface area contributed by atoms with Crippen LogP contribution in [0.4, 0.5) is 5.69 Å². The SMILES string of the molecule is COc1ccc(-c2nc3ccccc3c(C(=O)O)c2N2CCCCC2)cc1. The van der Waals surface area contributed by atoms with Crippen molar-refractivity contribution in [1.82, 2.24) is 4.98 Å². The summed E-state index contributed by atoms with van der Waals surface area (Å²) in [5.41, 5.74) is 3.38. The number of rotatable bonds is 4. The van der Waals surface area contributed by atoms with E-state index in [-0.39, 0.29) is 0 Å². The maximum Gasteiger partial charge on any atom is 0.338 e. The summed E-state index contributed by atoms with van der Waals surface area (Å²) in [6.45, 7) is 1.70. The number of benzene rings is 2. The molecule has 0 atom stereocenters. The van der Waals surface area contributed by atoms with Crippen molar-refractivity contribution >= 4 is 22.6 Å². The molecular weight excluding hydrogens is 340 g/mol. The molecule has 5 nitrogen and oxygen atoms in total. The predicted molar refractivity (Wildman–Crippen MR) is 107 cm³/mol. The molecule has 0 radical (unpaired) electrons. The summed E-state index contributed by atoms with van der Waals surface area (Å²) < 4.78 is 5.26. The Morgan fingerprint density at radius 1 is 1.04 bits per heavy atom. The molecule has 0 spiro atoms. The van der Waals surface area contributed by atoms with E-state index in [1.54, 1.807) is 7.11 Å². The van der Waals surface area contributed by atoms with Crippen LogP contribution in [0.15, 0.2) is 48.5 Å². The Kier molecular flexibility index (Phi) is 4.67. The number of anilines is 1. The lowest BCUT2D eigenvalue weighted by Gasteiger charge is -2.32. The van der Waals surface area contributed by atoms with E-state index in [1.165, 1.54) is 6.42 Å². The Bertz CT molecular complexity index is 977. The standard InChI is InChI=1S/C22H22N2O3/c1-27-16-11-9-15(10-12-16)20-21(24-13-5-2-6-14-24)19(22(25)26)17-7-3-4-8-18(17)23-20/h3-4,7-12H,2,5-6,13-14H2,1H3,(H,25,26). The molecule has 2 aromatic carbocycles. The summed E-state index contributed by atoms with van der Waals surface area (Å²) in [5.74, 6) is -0.151. The summed E-state index contributed by atoms with van der Waals surface area (Å²) in [4.78, 5) is 19.3. The smallest absolute Gasteiger partial charge is 0.338 e. The molecule has 0 amide bonds. The molecule has 1 aromatic heterocycles. The average Bonchev–Trinajstić information content (AvgIpc) is 2.73. The topological polar surface area (TPSA) is 62.7 Å². The van der Waals surface area contributed by atoms with E-state index in [0.29, 0.717) is 16.5 Å². The van der Waals surface area contributed by atoms with E-state index in [9.17, 15) is 9.90 Å². The molecule has 1 N–H and O–H groups in total. The Morgan fingerprint density at radius 2 is 1.74 bits per heavy atom. The van der Waals surface area contributed by atoms with Crippen LogP contribution >= 0.6 is 0 Å². The maximum absolute atomic E-state index is 12.3. The van der Waals surface area contributed by atoms with Crippen LogP contribution in [-0.2, 0) is 0 Å². The van der Waals surface area contributed by atoms with Crippen molar-refractivity contribution in [2.75, 3.05) is 25.1 Å². The molecule has 3 aromatic rings. The van der Waals surface area contributed by atoms with Gasteiger partial charge in [0.05, 0.1) is 29.6 Å². The Hall–Kier alpha value is -3.08. The summed E-state index contributed by atoms with van der Waals surface area (Å²) in [7, 11) is 1.63. The molecule has 138 valence electrons. The molecule has 0 aliphatic carbocycles. The van der Waals surface area contributed by atoms with Gasteiger partial charge in [-0.2, -0.15) is 0 Å². The van der Waals surface area contributed by atoms with Gasteiger partial charge in [0.1, 0.15) is 5.75 Å². The fraction of sp³-hybridized carbons (Fsp3) is 0.273. The van der Waals surface area contributed by atoms with Crippen LogP contribution in [0, 0.1) is 0 Å². The van der Waals surface area contributed by atoms with E-state index >= 15 is 0 Å². The zero-order valence-corrected chi connectivity index (χ0v) is 15.3. The lowest BCUT2D eigenvalue weighted by atomic mass is 9.98.